The second kappa shape index (κ2) is 15.2. The Bertz CT molecular complexity index is 1490. The monoisotopic (exact) mass is 540 g/mol. The summed E-state index contributed by atoms with van der Waals surface area (Å²) in [6.07, 6.45) is 10.3. The van der Waals surface area contributed by atoms with Crippen LogP contribution in [0.3, 0.4) is 0 Å². The second-order valence-corrected chi connectivity index (χ2v) is 9.10. The first kappa shape index (κ1) is 30.1. The third-order valence-electron chi connectivity index (χ3n) is 6.36. The lowest BCUT2D eigenvalue weighted by Crippen LogP contribution is -2.37. The Labute approximate surface area is 235 Å². The van der Waals surface area contributed by atoms with Crippen LogP contribution in [0.2, 0.25) is 0 Å². The van der Waals surface area contributed by atoms with Gasteiger partial charge in [-0.2, -0.15) is 0 Å². The molecule has 1 aromatic heterocycles. The lowest BCUT2D eigenvalue weighted by Gasteiger charge is -2.21. The molecule has 0 fully saturated rings. The van der Waals surface area contributed by atoms with Crippen LogP contribution in [0.25, 0.3) is 12.3 Å². The first-order chi connectivity index (χ1) is 19.4. The molecule has 1 atom stereocenters. The lowest BCUT2D eigenvalue weighted by atomic mass is 10.0. The van der Waals surface area contributed by atoms with Gasteiger partial charge in [-0.3, -0.25) is 4.79 Å². The highest BCUT2D eigenvalue weighted by Gasteiger charge is 2.16. The lowest BCUT2D eigenvalue weighted by molar-refractivity contribution is -0.119. The molecule has 0 aliphatic rings. The summed E-state index contributed by atoms with van der Waals surface area (Å²) in [5.41, 5.74) is 3.22. The highest BCUT2D eigenvalue weighted by molar-refractivity contribution is 5.86. The Morgan fingerprint density at radius 2 is 1.95 bits per heavy atom. The molecule has 0 aliphatic heterocycles. The first-order valence-electron chi connectivity index (χ1n) is 13.2. The van der Waals surface area contributed by atoms with Crippen LogP contribution in [0, 0.1) is 0 Å². The average Bonchev–Trinajstić information content (AvgIpc) is 3.43. The maximum Gasteiger partial charge on any atom is 0.238 e. The Morgan fingerprint density at radius 1 is 1.18 bits per heavy atom. The molecule has 3 aromatic rings. The van der Waals surface area contributed by atoms with Crippen LogP contribution in [-0.4, -0.2) is 22.0 Å². The molecule has 1 amide bonds. The van der Waals surface area contributed by atoms with Gasteiger partial charge in [0.05, 0.1) is 24.6 Å². The third-order valence-corrected chi connectivity index (χ3v) is 6.36. The van der Waals surface area contributed by atoms with Crippen molar-refractivity contribution in [1.29, 1.82) is 0 Å². The van der Waals surface area contributed by atoms with Crippen LogP contribution in [0.4, 0.5) is 4.39 Å². The quantitative estimate of drug-likeness (QED) is 0.282. The SMILES string of the molecule is C=C/C(=C\C(F)=C/C)C(CC)n1cncc1CNCC(=O)N/C(C=C)=c1\cc(OCc2ccccc2)ccc1=C. The van der Waals surface area contributed by atoms with Gasteiger partial charge in [0.1, 0.15) is 18.2 Å². The number of imidazole rings is 1. The molecular weight excluding hydrogens is 503 g/mol. The molecule has 3 rings (SSSR count). The molecule has 2 aromatic carbocycles. The number of aromatic nitrogens is 2. The minimum absolute atomic E-state index is 0.0628. The fourth-order valence-corrected chi connectivity index (χ4v) is 4.24. The summed E-state index contributed by atoms with van der Waals surface area (Å²) in [6, 6.07) is 15.3. The summed E-state index contributed by atoms with van der Waals surface area (Å²) < 4.78 is 21.9. The predicted octanol–water partition coefficient (Wildman–Crippen LogP) is 5.01. The standard InChI is InChI=1S/C33H37FN4O2/c1-6-26(17-27(34)7-2)32(9-4)38-23-36-20-28(38)19-35-21-33(39)37-31(8-3)30-18-29(16-15-24(30)5)40-22-25-13-11-10-12-14-25/h6-8,10-18,20,23,32,35H,1,3,5,9,19,21-22H2,2,4H3,(H,37,39)/b26-17+,27-7+,31-30+. The molecule has 0 saturated carbocycles. The topological polar surface area (TPSA) is 68.2 Å². The number of carbonyl (C=O) groups excluding carboxylic acids is 1. The molecule has 208 valence electrons. The second-order valence-electron chi connectivity index (χ2n) is 9.10. The molecule has 0 bridgehead atoms. The van der Waals surface area contributed by atoms with Crippen LogP contribution < -0.4 is 25.8 Å². The zero-order valence-electron chi connectivity index (χ0n) is 23.2. The molecule has 40 heavy (non-hydrogen) atoms. The largest absolute Gasteiger partial charge is 0.489 e. The van der Waals surface area contributed by atoms with Crippen LogP contribution >= 0.6 is 0 Å². The number of hydrogen-bond donors (Lipinski definition) is 2. The van der Waals surface area contributed by atoms with E-state index in [9.17, 15) is 9.18 Å². The van der Waals surface area contributed by atoms with Gasteiger partial charge in [-0.1, -0.05) is 75.2 Å². The minimum Gasteiger partial charge on any atom is -0.489 e. The molecule has 0 saturated heterocycles. The number of halogens is 1. The van der Waals surface area contributed by atoms with Crippen molar-refractivity contribution in [2.24, 2.45) is 0 Å². The number of hydrogen-bond acceptors (Lipinski definition) is 4. The fourth-order valence-electron chi connectivity index (χ4n) is 4.24. The van der Waals surface area contributed by atoms with Crippen molar-refractivity contribution >= 4 is 18.2 Å². The molecule has 0 aliphatic carbocycles. The number of ether oxygens (including phenoxy) is 1. The van der Waals surface area contributed by atoms with E-state index in [4.69, 9.17) is 4.74 Å². The van der Waals surface area contributed by atoms with Gasteiger partial charge in [0.2, 0.25) is 5.91 Å². The molecule has 7 heteroatoms. The van der Waals surface area contributed by atoms with E-state index >= 15 is 0 Å². The molecule has 1 unspecified atom stereocenters. The smallest absolute Gasteiger partial charge is 0.238 e. The summed E-state index contributed by atoms with van der Waals surface area (Å²) >= 11 is 0. The maximum absolute atomic E-state index is 13.9. The molecule has 0 spiro atoms. The van der Waals surface area contributed by atoms with E-state index in [1.165, 1.54) is 12.2 Å². The van der Waals surface area contributed by atoms with Crippen molar-refractivity contribution in [3.63, 3.8) is 0 Å². The van der Waals surface area contributed by atoms with Gasteiger partial charge in [0, 0.05) is 23.7 Å². The van der Waals surface area contributed by atoms with E-state index in [0.29, 0.717) is 24.6 Å². The van der Waals surface area contributed by atoms with Gasteiger partial charge in [0.25, 0.3) is 0 Å². The Morgan fingerprint density at radius 3 is 2.62 bits per heavy atom. The average molecular weight is 541 g/mol. The van der Waals surface area contributed by atoms with E-state index in [1.54, 1.807) is 31.6 Å². The Kier molecular flexibility index (Phi) is 11.4. The van der Waals surface area contributed by atoms with Gasteiger partial charge in [-0.05, 0) is 54.0 Å². The fraction of sp³-hybridized carbons (Fsp3) is 0.212. The number of amides is 1. The molecular formula is C33H37FN4O2. The van der Waals surface area contributed by atoms with Gasteiger partial charge in [-0.15, -0.1) is 0 Å². The van der Waals surface area contributed by atoms with Crippen molar-refractivity contribution in [1.82, 2.24) is 20.2 Å². The van der Waals surface area contributed by atoms with Crippen LogP contribution in [0.1, 0.15) is 37.6 Å². The van der Waals surface area contributed by atoms with E-state index in [-0.39, 0.29) is 24.3 Å². The van der Waals surface area contributed by atoms with E-state index in [2.05, 4.69) is 35.4 Å². The zero-order chi connectivity index (χ0) is 28.9. The van der Waals surface area contributed by atoms with E-state index in [0.717, 1.165) is 33.7 Å². The molecule has 2 N–H and O–H groups in total. The van der Waals surface area contributed by atoms with Gasteiger partial charge in [-0.25, -0.2) is 9.37 Å². The van der Waals surface area contributed by atoms with E-state index < -0.39 is 0 Å². The van der Waals surface area contributed by atoms with E-state index in [1.807, 2.05) is 60.0 Å². The van der Waals surface area contributed by atoms with Crippen LogP contribution in [-0.2, 0) is 17.9 Å². The number of rotatable bonds is 14. The number of nitrogens with zero attached hydrogens (tertiary/aromatic N) is 2. The maximum atomic E-state index is 13.9. The number of nitrogens with one attached hydrogen (secondary N) is 2. The van der Waals surface area contributed by atoms with Crippen molar-refractivity contribution in [3.8, 4) is 5.75 Å². The van der Waals surface area contributed by atoms with Crippen LogP contribution in [0.5, 0.6) is 5.75 Å². The minimum atomic E-state index is -0.321. The summed E-state index contributed by atoms with van der Waals surface area (Å²) in [5, 5.41) is 7.56. The van der Waals surface area contributed by atoms with Crippen molar-refractivity contribution < 1.29 is 13.9 Å². The summed E-state index contributed by atoms with van der Waals surface area (Å²) in [6.45, 7) is 16.4. The van der Waals surface area contributed by atoms with Crippen molar-refractivity contribution in [3.05, 3.63) is 132 Å². The number of carbonyl (C=O) groups is 1. The molecule has 1 heterocycles. The summed E-state index contributed by atoms with van der Waals surface area (Å²) in [7, 11) is 0. The van der Waals surface area contributed by atoms with Gasteiger partial charge < -0.3 is 19.9 Å². The molecule has 6 nitrogen and oxygen atoms in total. The number of allylic oxidation sites excluding steroid dienone is 5. The van der Waals surface area contributed by atoms with Crippen molar-refractivity contribution in [2.75, 3.05) is 6.54 Å². The first-order valence-corrected chi connectivity index (χ1v) is 13.2. The summed E-state index contributed by atoms with van der Waals surface area (Å²) in [5.74, 6) is 0.113. The number of benzene rings is 2. The highest BCUT2D eigenvalue weighted by Crippen LogP contribution is 2.25. The third kappa shape index (κ3) is 8.25. The van der Waals surface area contributed by atoms with Gasteiger partial charge >= 0.3 is 0 Å². The summed E-state index contributed by atoms with van der Waals surface area (Å²) in [4.78, 5) is 17.1. The Hall–Kier alpha value is -4.49. The highest BCUT2D eigenvalue weighted by atomic mass is 19.1. The predicted molar refractivity (Wildman–Crippen MR) is 160 cm³/mol. The normalized spacial score (nSPS) is 13.4. The Balaban J connectivity index is 1.67. The van der Waals surface area contributed by atoms with Crippen molar-refractivity contribution in [2.45, 2.75) is 39.5 Å². The van der Waals surface area contributed by atoms with Gasteiger partial charge in [0.15, 0.2) is 0 Å². The van der Waals surface area contributed by atoms with Crippen LogP contribution in [0.15, 0.2) is 110 Å². The molecule has 0 radical (unpaired) electrons. The zero-order valence-corrected chi connectivity index (χ0v) is 23.2.